The molecule has 2 saturated carbocycles. The fourth-order valence-corrected chi connectivity index (χ4v) is 4.89. The third-order valence-corrected chi connectivity index (χ3v) is 6.13. The summed E-state index contributed by atoms with van der Waals surface area (Å²) in [6.07, 6.45) is 1.38. The van der Waals surface area contributed by atoms with Crippen LogP contribution in [0.25, 0.3) is 5.65 Å². The summed E-state index contributed by atoms with van der Waals surface area (Å²) >= 11 is 0. The van der Waals surface area contributed by atoms with E-state index in [9.17, 15) is 18.0 Å². The fourth-order valence-electron chi connectivity index (χ4n) is 4.89. The molecule has 2 aliphatic rings. The molecule has 140 valence electrons. The van der Waals surface area contributed by atoms with Gasteiger partial charge in [-0.05, 0) is 63.0 Å². The molecule has 2 aliphatic carbocycles. The van der Waals surface area contributed by atoms with Crippen LogP contribution in [0.1, 0.15) is 54.4 Å². The zero-order valence-electron chi connectivity index (χ0n) is 14.8. The molecular weight excluding hydrogens is 343 g/mol. The number of carbonyl (C=O) groups is 1. The van der Waals surface area contributed by atoms with Gasteiger partial charge in [0, 0.05) is 12.2 Å². The van der Waals surface area contributed by atoms with E-state index < -0.39 is 11.7 Å². The van der Waals surface area contributed by atoms with E-state index in [0.717, 1.165) is 24.6 Å². The Kier molecular flexibility index (Phi) is 4.00. The number of fused-ring (bicyclic) bond motifs is 3. The number of amides is 1. The van der Waals surface area contributed by atoms with E-state index in [1.807, 2.05) is 6.92 Å². The van der Waals surface area contributed by atoms with Gasteiger partial charge in [-0.1, -0.05) is 6.42 Å². The first-order chi connectivity index (χ1) is 12.2. The largest absolute Gasteiger partial charge is 0.417 e. The number of alkyl halides is 3. The van der Waals surface area contributed by atoms with E-state index in [2.05, 4.69) is 10.3 Å². The van der Waals surface area contributed by atoms with E-state index in [0.29, 0.717) is 23.2 Å². The number of nitrogens with zero attached hydrogens (tertiary/aromatic N) is 2. The van der Waals surface area contributed by atoms with Crippen LogP contribution in [0.3, 0.4) is 0 Å². The Morgan fingerprint density at radius 1 is 1.31 bits per heavy atom. The van der Waals surface area contributed by atoms with Crippen LogP contribution < -0.4 is 5.32 Å². The molecule has 2 fully saturated rings. The van der Waals surface area contributed by atoms with E-state index in [-0.39, 0.29) is 17.6 Å². The van der Waals surface area contributed by atoms with Gasteiger partial charge in [-0.25, -0.2) is 4.98 Å². The quantitative estimate of drug-likeness (QED) is 0.885. The lowest BCUT2D eigenvalue weighted by Crippen LogP contribution is -2.40. The third-order valence-electron chi connectivity index (χ3n) is 6.13. The molecule has 0 radical (unpaired) electrons. The minimum atomic E-state index is -4.46. The number of aromatic nitrogens is 2. The molecule has 0 aliphatic heterocycles. The predicted octanol–water partition coefficient (Wildman–Crippen LogP) is 4.22. The number of carbonyl (C=O) groups excluding carboxylic acids is 1. The van der Waals surface area contributed by atoms with Gasteiger partial charge in [0.2, 0.25) is 0 Å². The molecule has 1 N–H and O–H groups in total. The number of halogens is 3. The van der Waals surface area contributed by atoms with Crippen LogP contribution in [-0.4, -0.2) is 21.3 Å². The van der Waals surface area contributed by atoms with Crippen LogP contribution in [0.2, 0.25) is 0 Å². The van der Waals surface area contributed by atoms with Gasteiger partial charge >= 0.3 is 6.18 Å². The number of rotatable bonds is 3. The minimum Gasteiger partial charge on any atom is -0.348 e. The van der Waals surface area contributed by atoms with Crippen LogP contribution in [0.5, 0.6) is 0 Å². The highest BCUT2D eigenvalue weighted by molar-refractivity contribution is 5.94. The van der Waals surface area contributed by atoms with Crippen molar-refractivity contribution < 1.29 is 18.0 Å². The lowest BCUT2D eigenvalue weighted by Gasteiger charge is -2.28. The van der Waals surface area contributed by atoms with Crippen molar-refractivity contribution in [2.24, 2.45) is 17.8 Å². The van der Waals surface area contributed by atoms with Crippen molar-refractivity contribution in [1.29, 1.82) is 0 Å². The monoisotopic (exact) mass is 365 g/mol. The maximum Gasteiger partial charge on any atom is 0.417 e. The Balaban J connectivity index is 1.60. The summed E-state index contributed by atoms with van der Waals surface area (Å²) < 4.78 is 40.3. The van der Waals surface area contributed by atoms with Crippen molar-refractivity contribution >= 4 is 11.6 Å². The molecule has 7 heteroatoms. The van der Waals surface area contributed by atoms with Crippen LogP contribution in [-0.2, 0) is 6.18 Å². The van der Waals surface area contributed by atoms with E-state index in [1.54, 1.807) is 6.92 Å². The van der Waals surface area contributed by atoms with Crippen molar-refractivity contribution in [2.75, 3.05) is 0 Å². The minimum absolute atomic E-state index is 0.00792. The van der Waals surface area contributed by atoms with Gasteiger partial charge in [-0.3, -0.25) is 9.20 Å². The Labute approximate surface area is 149 Å². The molecule has 0 aromatic carbocycles. The second kappa shape index (κ2) is 5.99. The standard InChI is InChI=1S/C19H22F3N3O/c1-10(15-8-12-3-4-13(15)7-12)24-18(26)17-11(2)23-16-6-5-14(9-25(16)17)19(20,21)22/h5-6,9-10,12-13,15H,3-4,7-8H2,1-2H3,(H,24,26). The summed E-state index contributed by atoms with van der Waals surface area (Å²) in [5, 5.41) is 3.02. The summed E-state index contributed by atoms with van der Waals surface area (Å²) in [4.78, 5) is 17.1. The topological polar surface area (TPSA) is 46.4 Å². The normalized spacial score (nSPS) is 26.4. The summed E-state index contributed by atoms with van der Waals surface area (Å²) in [5.41, 5.74) is 0.161. The molecule has 26 heavy (non-hydrogen) atoms. The fraction of sp³-hybridized carbons (Fsp3) is 0.579. The molecule has 0 spiro atoms. The first kappa shape index (κ1) is 17.4. The molecular formula is C19H22F3N3O. The highest BCUT2D eigenvalue weighted by atomic mass is 19.4. The van der Waals surface area contributed by atoms with Crippen LogP contribution in [0.4, 0.5) is 13.2 Å². The average molecular weight is 365 g/mol. The maximum atomic E-state index is 13.0. The highest BCUT2D eigenvalue weighted by Crippen LogP contribution is 2.49. The molecule has 4 rings (SSSR count). The number of pyridine rings is 1. The molecule has 4 atom stereocenters. The van der Waals surface area contributed by atoms with Crippen molar-refractivity contribution in [3.63, 3.8) is 0 Å². The molecule has 1 amide bonds. The lowest BCUT2D eigenvalue weighted by atomic mass is 9.84. The number of aryl methyl sites for hydroxylation is 1. The van der Waals surface area contributed by atoms with E-state index in [4.69, 9.17) is 0 Å². The first-order valence-corrected chi connectivity index (χ1v) is 9.11. The van der Waals surface area contributed by atoms with Gasteiger partial charge in [0.1, 0.15) is 11.3 Å². The molecule has 2 heterocycles. The van der Waals surface area contributed by atoms with Crippen LogP contribution in [0.15, 0.2) is 18.3 Å². The van der Waals surface area contributed by atoms with Crippen molar-refractivity contribution in [2.45, 2.75) is 51.7 Å². The van der Waals surface area contributed by atoms with Gasteiger partial charge in [0.15, 0.2) is 0 Å². The molecule has 2 aromatic heterocycles. The van der Waals surface area contributed by atoms with Gasteiger partial charge < -0.3 is 5.32 Å². The maximum absolute atomic E-state index is 13.0. The Morgan fingerprint density at radius 2 is 2.08 bits per heavy atom. The van der Waals surface area contributed by atoms with Gasteiger partial charge in [0.05, 0.1) is 11.3 Å². The second-order valence-corrected chi connectivity index (χ2v) is 7.79. The smallest absolute Gasteiger partial charge is 0.348 e. The zero-order valence-corrected chi connectivity index (χ0v) is 14.8. The van der Waals surface area contributed by atoms with Crippen molar-refractivity contribution in [3.05, 3.63) is 35.3 Å². The molecule has 2 bridgehead atoms. The second-order valence-electron chi connectivity index (χ2n) is 7.79. The first-order valence-electron chi connectivity index (χ1n) is 9.11. The van der Waals surface area contributed by atoms with Crippen molar-refractivity contribution in [1.82, 2.24) is 14.7 Å². The Morgan fingerprint density at radius 3 is 2.69 bits per heavy atom. The molecule has 4 nitrogen and oxygen atoms in total. The summed E-state index contributed by atoms with van der Waals surface area (Å²) in [5.74, 6) is 1.54. The number of hydrogen-bond acceptors (Lipinski definition) is 2. The lowest BCUT2D eigenvalue weighted by molar-refractivity contribution is -0.137. The van der Waals surface area contributed by atoms with Crippen LogP contribution in [0, 0.1) is 24.7 Å². The third kappa shape index (κ3) is 2.87. The molecule has 4 unspecified atom stereocenters. The van der Waals surface area contributed by atoms with Gasteiger partial charge in [0.25, 0.3) is 5.91 Å². The van der Waals surface area contributed by atoms with Crippen molar-refractivity contribution in [3.8, 4) is 0 Å². The highest BCUT2D eigenvalue weighted by Gasteiger charge is 2.42. The molecule has 2 aromatic rings. The van der Waals surface area contributed by atoms with E-state index >= 15 is 0 Å². The number of hydrogen-bond donors (Lipinski definition) is 1. The predicted molar refractivity (Wildman–Crippen MR) is 90.8 cm³/mol. The number of nitrogens with one attached hydrogen (secondary N) is 1. The van der Waals surface area contributed by atoms with E-state index in [1.165, 1.54) is 29.7 Å². The van der Waals surface area contributed by atoms with Gasteiger partial charge in [-0.15, -0.1) is 0 Å². The van der Waals surface area contributed by atoms with Gasteiger partial charge in [-0.2, -0.15) is 13.2 Å². The summed E-state index contributed by atoms with van der Waals surface area (Å²) in [7, 11) is 0. The van der Waals surface area contributed by atoms with Crippen LogP contribution >= 0.6 is 0 Å². The number of imidazole rings is 1. The molecule has 0 saturated heterocycles. The Bertz CT molecular complexity index is 858. The SMILES string of the molecule is Cc1nc2ccc(C(F)(F)F)cn2c1C(=O)NC(C)C1CC2CCC1C2. The Hall–Kier alpha value is -2.05. The average Bonchev–Trinajstić information content (AvgIpc) is 3.25. The summed E-state index contributed by atoms with van der Waals surface area (Å²) in [6, 6.07) is 2.29. The zero-order chi connectivity index (χ0) is 18.6. The summed E-state index contributed by atoms with van der Waals surface area (Å²) in [6.45, 7) is 3.65.